The van der Waals surface area contributed by atoms with Gasteiger partial charge in [-0.1, -0.05) is 6.92 Å². The Hall–Kier alpha value is -1.85. The maximum absolute atomic E-state index is 13.7. The molecule has 0 bridgehead atoms. The van der Waals surface area contributed by atoms with Crippen molar-refractivity contribution in [3.63, 3.8) is 0 Å². The fourth-order valence-electron chi connectivity index (χ4n) is 2.83. The predicted octanol–water partition coefficient (Wildman–Crippen LogP) is 5.21. The number of thiophene rings is 1. The van der Waals surface area contributed by atoms with Gasteiger partial charge in [-0.3, -0.25) is 4.79 Å². The minimum atomic E-state index is -6.64. The zero-order valence-electron chi connectivity index (χ0n) is 15.6. The summed E-state index contributed by atoms with van der Waals surface area (Å²) in [7, 11) is 0. The smallest absolute Gasteiger partial charge is 0.459 e. The van der Waals surface area contributed by atoms with Crippen LogP contribution in [0, 0.1) is 5.92 Å². The van der Waals surface area contributed by atoms with Crippen LogP contribution >= 0.6 is 11.3 Å². The highest BCUT2D eigenvalue weighted by Gasteiger charge is 2.76. The summed E-state index contributed by atoms with van der Waals surface area (Å²) < 4.78 is 95.6. The first-order valence-electron chi connectivity index (χ1n) is 8.58. The molecule has 0 saturated heterocycles. The second kappa shape index (κ2) is 7.77. The number of fused-ring (bicyclic) bond motifs is 1. The van der Waals surface area contributed by atoms with E-state index in [1.54, 1.807) is 0 Å². The Morgan fingerprint density at radius 2 is 1.72 bits per heavy atom. The van der Waals surface area contributed by atoms with Crippen LogP contribution in [0.1, 0.15) is 48.0 Å². The standard InChI is InChI=1S/C17H18F7NO3S/c1-7(2)28-13(26)11-9-5-4-8(3)6-10(9)29-12(11)25-14(27)15(18,19)16(20,21)17(22,23)24/h7-8H,4-6H2,1-3H3,(H,25,27). The van der Waals surface area contributed by atoms with Crippen LogP contribution in [0.4, 0.5) is 35.7 Å². The molecule has 12 heteroatoms. The van der Waals surface area contributed by atoms with E-state index >= 15 is 0 Å². The van der Waals surface area contributed by atoms with Crippen LogP contribution in [0.15, 0.2) is 0 Å². The maximum atomic E-state index is 13.7. The third kappa shape index (κ3) is 4.36. The second-order valence-electron chi connectivity index (χ2n) is 7.11. The van der Waals surface area contributed by atoms with Crippen LogP contribution in [0.5, 0.6) is 0 Å². The largest absolute Gasteiger partial charge is 0.460 e. The first-order chi connectivity index (χ1) is 13.1. The lowest BCUT2D eigenvalue weighted by Gasteiger charge is -2.27. The first-order valence-corrected chi connectivity index (χ1v) is 9.40. The van der Waals surface area contributed by atoms with E-state index < -0.39 is 41.0 Å². The number of alkyl halides is 7. The van der Waals surface area contributed by atoms with Crippen LogP contribution in [0.2, 0.25) is 0 Å². The highest BCUT2D eigenvalue weighted by molar-refractivity contribution is 7.17. The van der Waals surface area contributed by atoms with Gasteiger partial charge in [-0.2, -0.15) is 30.7 Å². The van der Waals surface area contributed by atoms with Gasteiger partial charge >= 0.3 is 29.9 Å². The van der Waals surface area contributed by atoms with Gasteiger partial charge in [0.1, 0.15) is 5.00 Å². The topological polar surface area (TPSA) is 55.4 Å². The Labute approximate surface area is 165 Å². The molecule has 1 aromatic rings. The van der Waals surface area contributed by atoms with Gasteiger partial charge in [-0.15, -0.1) is 11.3 Å². The number of carbonyl (C=O) groups excluding carboxylic acids is 2. The summed E-state index contributed by atoms with van der Waals surface area (Å²) >= 11 is 0.691. The van der Waals surface area contributed by atoms with Gasteiger partial charge in [0.2, 0.25) is 0 Å². The number of amides is 1. The SMILES string of the molecule is CC1CCc2c(sc(NC(=O)C(F)(F)C(F)(F)C(F)(F)F)c2C(=O)OC(C)C)C1. The summed E-state index contributed by atoms with van der Waals surface area (Å²) in [4.78, 5) is 24.7. The molecule has 1 N–H and O–H groups in total. The molecule has 0 radical (unpaired) electrons. The van der Waals surface area contributed by atoms with E-state index in [9.17, 15) is 40.3 Å². The Balaban J connectivity index is 2.44. The van der Waals surface area contributed by atoms with E-state index in [0.717, 1.165) is 0 Å². The molecule has 1 atom stereocenters. The van der Waals surface area contributed by atoms with Crippen LogP contribution in [0.25, 0.3) is 0 Å². The van der Waals surface area contributed by atoms with E-state index in [0.29, 0.717) is 41.0 Å². The summed E-state index contributed by atoms with van der Waals surface area (Å²) in [5.41, 5.74) is 0.130. The van der Waals surface area contributed by atoms with Crippen LogP contribution in [-0.2, 0) is 22.4 Å². The number of halogens is 7. The molecular formula is C17H18F7NO3S. The molecule has 1 heterocycles. The average molecular weight is 449 g/mol. The Kier molecular flexibility index (Phi) is 6.27. The summed E-state index contributed by atoms with van der Waals surface area (Å²) in [6.45, 7) is 4.91. The average Bonchev–Trinajstić information content (AvgIpc) is 2.89. The van der Waals surface area contributed by atoms with Gasteiger partial charge < -0.3 is 10.1 Å². The number of rotatable bonds is 5. The lowest BCUT2D eigenvalue weighted by Crippen LogP contribution is -2.57. The van der Waals surface area contributed by atoms with Crippen molar-refractivity contribution < 1.29 is 45.1 Å². The molecule has 0 saturated carbocycles. The number of nitrogens with one attached hydrogen (secondary N) is 1. The van der Waals surface area contributed by atoms with Crippen molar-refractivity contribution in [2.75, 3.05) is 5.32 Å². The summed E-state index contributed by atoms with van der Waals surface area (Å²) in [5, 5.41) is 0.874. The molecule has 2 rings (SSSR count). The fraction of sp³-hybridized carbons (Fsp3) is 0.647. The summed E-state index contributed by atoms with van der Waals surface area (Å²) in [5.74, 6) is -16.3. The van der Waals surface area contributed by atoms with Gasteiger partial charge in [0.05, 0.1) is 11.7 Å². The van der Waals surface area contributed by atoms with Crippen molar-refractivity contribution in [2.45, 2.75) is 64.2 Å². The van der Waals surface area contributed by atoms with E-state index in [-0.39, 0.29) is 11.5 Å². The van der Waals surface area contributed by atoms with E-state index in [1.165, 1.54) is 19.2 Å². The van der Waals surface area contributed by atoms with Gasteiger partial charge in [0.25, 0.3) is 0 Å². The molecule has 1 amide bonds. The predicted molar refractivity (Wildman–Crippen MR) is 90.6 cm³/mol. The number of ether oxygens (including phenoxy) is 1. The number of carbonyl (C=O) groups is 2. The molecule has 1 aliphatic rings. The zero-order chi connectivity index (χ0) is 22.4. The highest BCUT2D eigenvalue weighted by atomic mass is 32.1. The van der Waals surface area contributed by atoms with Crippen molar-refractivity contribution in [2.24, 2.45) is 5.92 Å². The molecule has 1 unspecified atom stereocenters. The van der Waals surface area contributed by atoms with Crippen molar-refractivity contribution in [3.8, 4) is 0 Å². The quantitative estimate of drug-likeness (QED) is 0.496. The molecule has 0 aliphatic heterocycles. The maximum Gasteiger partial charge on any atom is 0.460 e. The fourth-order valence-corrected chi connectivity index (χ4v) is 4.22. The minimum absolute atomic E-state index is 0.176. The summed E-state index contributed by atoms with van der Waals surface area (Å²) in [6, 6.07) is 0. The minimum Gasteiger partial charge on any atom is -0.459 e. The Morgan fingerprint density at radius 1 is 1.14 bits per heavy atom. The van der Waals surface area contributed by atoms with Crippen LogP contribution in [0.3, 0.4) is 0 Å². The zero-order valence-corrected chi connectivity index (χ0v) is 16.4. The van der Waals surface area contributed by atoms with Gasteiger partial charge in [0.15, 0.2) is 0 Å². The van der Waals surface area contributed by atoms with Gasteiger partial charge in [-0.25, -0.2) is 4.79 Å². The number of hydrogen-bond acceptors (Lipinski definition) is 4. The highest BCUT2D eigenvalue weighted by Crippen LogP contribution is 2.48. The van der Waals surface area contributed by atoms with Gasteiger partial charge in [0, 0.05) is 4.88 Å². The molecule has 164 valence electrons. The summed E-state index contributed by atoms with van der Waals surface area (Å²) in [6.07, 6.45) is -5.83. The first kappa shape index (κ1) is 23.4. The lowest BCUT2D eigenvalue weighted by molar-refractivity contribution is -0.343. The third-order valence-corrected chi connectivity index (χ3v) is 5.49. The van der Waals surface area contributed by atoms with Crippen molar-refractivity contribution in [1.82, 2.24) is 0 Å². The molecule has 1 aromatic heterocycles. The molecule has 0 fully saturated rings. The molecule has 4 nitrogen and oxygen atoms in total. The van der Waals surface area contributed by atoms with E-state index in [1.807, 2.05) is 6.92 Å². The molecule has 0 aromatic carbocycles. The monoisotopic (exact) mass is 449 g/mol. The van der Waals surface area contributed by atoms with Crippen molar-refractivity contribution in [1.29, 1.82) is 0 Å². The molecule has 0 spiro atoms. The Morgan fingerprint density at radius 3 is 2.24 bits per heavy atom. The van der Waals surface area contributed by atoms with Crippen LogP contribution in [-0.4, -0.2) is 36.0 Å². The second-order valence-corrected chi connectivity index (χ2v) is 8.22. The lowest BCUT2D eigenvalue weighted by atomic mass is 9.88. The number of esters is 1. The number of anilines is 1. The van der Waals surface area contributed by atoms with Crippen molar-refractivity contribution >= 4 is 28.2 Å². The Bertz CT molecular complexity index is 802. The van der Waals surface area contributed by atoms with Crippen molar-refractivity contribution in [3.05, 3.63) is 16.0 Å². The van der Waals surface area contributed by atoms with Gasteiger partial charge in [-0.05, 0) is 44.6 Å². The number of hydrogen-bond donors (Lipinski definition) is 1. The van der Waals surface area contributed by atoms with E-state index in [2.05, 4.69) is 0 Å². The molecule has 1 aliphatic carbocycles. The van der Waals surface area contributed by atoms with Crippen LogP contribution < -0.4 is 5.32 Å². The molecule has 29 heavy (non-hydrogen) atoms. The third-order valence-electron chi connectivity index (χ3n) is 4.32. The normalized spacial score (nSPS) is 17.8. The molecular weight excluding hydrogens is 431 g/mol. The van der Waals surface area contributed by atoms with E-state index in [4.69, 9.17) is 4.74 Å².